The van der Waals surface area contributed by atoms with Crippen LogP contribution in [-0.4, -0.2) is 84.1 Å². The lowest BCUT2D eigenvalue weighted by Gasteiger charge is -2.17. The number of nitrogens with two attached hydrogens (primary N) is 1. The van der Waals surface area contributed by atoms with Crippen molar-refractivity contribution in [1.29, 1.82) is 0 Å². The first-order chi connectivity index (χ1) is 21.3. The zero-order valence-electron chi connectivity index (χ0n) is 24.8. The maximum absolute atomic E-state index is 13.5. The lowest BCUT2D eigenvalue weighted by molar-refractivity contribution is 0.0663. The Bertz CT molecular complexity index is 1660. The molecule has 6 rings (SSSR count). The fourth-order valence-electron chi connectivity index (χ4n) is 5.41. The molecule has 12 nitrogen and oxygen atoms in total. The van der Waals surface area contributed by atoms with Crippen LogP contribution in [0.4, 0.5) is 8.78 Å². The minimum absolute atomic E-state index is 0. The third kappa shape index (κ3) is 6.15. The van der Waals surface area contributed by atoms with E-state index in [1.54, 1.807) is 46.5 Å². The molecule has 2 aromatic heterocycles. The van der Waals surface area contributed by atoms with E-state index in [4.69, 9.17) is 5.73 Å². The number of benzene rings is 1. The standard InChI is InChI=1S/C19H17FN4O3.C11H15FN4O.ClH/c1-2-22-11-13-8-21-24(16(13)19(22)27)10-12(7-20)9-23-17(25)14-5-3-4-6-15(14)18(23)26;1-2-15-7-9-5-14-16(10(9)11(15)17)6-8(3-12)4-13;/h3-8H,2,9-11H2,1H3;3,5H,2,4,6-7,13H2,1H3;1H/b12-7+;8-3+;. The van der Waals surface area contributed by atoms with Gasteiger partial charge in [-0.3, -0.25) is 33.4 Å². The Morgan fingerprint density at radius 1 is 0.756 bits per heavy atom. The van der Waals surface area contributed by atoms with Gasteiger partial charge in [0.1, 0.15) is 11.4 Å². The molecule has 3 aliphatic rings. The number of carbonyl (C=O) groups is 4. The number of aromatic nitrogens is 4. The molecule has 45 heavy (non-hydrogen) atoms. The third-order valence-electron chi connectivity index (χ3n) is 7.81. The molecule has 0 saturated heterocycles. The Labute approximate surface area is 264 Å². The van der Waals surface area contributed by atoms with Gasteiger partial charge in [-0.05, 0) is 37.1 Å². The first kappa shape index (κ1) is 33.2. The van der Waals surface area contributed by atoms with Gasteiger partial charge in [0.25, 0.3) is 23.6 Å². The molecule has 1 aromatic carbocycles. The van der Waals surface area contributed by atoms with Crippen LogP contribution < -0.4 is 5.73 Å². The molecule has 4 amide bonds. The van der Waals surface area contributed by atoms with Gasteiger partial charge < -0.3 is 15.5 Å². The number of nitrogens with zero attached hydrogens (tertiary/aromatic N) is 7. The Kier molecular flexibility index (Phi) is 10.3. The summed E-state index contributed by atoms with van der Waals surface area (Å²) >= 11 is 0. The summed E-state index contributed by atoms with van der Waals surface area (Å²) in [5.41, 5.74) is 9.28. The number of fused-ring (bicyclic) bond motifs is 3. The van der Waals surface area contributed by atoms with Crippen LogP contribution in [-0.2, 0) is 26.2 Å². The van der Waals surface area contributed by atoms with Crippen LogP contribution in [0.1, 0.15) is 66.7 Å². The topological polar surface area (TPSA) is 140 Å². The van der Waals surface area contributed by atoms with Gasteiger partial charge in [-0.2, -0.15) is 10.2 Å². The minimum Gasteiger partial charge on any atom is -0.333 e. The summed E-state index contributed by atoms with van der Waals surface area (Å²) < 4.78 is 28.9. The van der Waals surface area contributed by atoms with Crippen LogP contribution in [0.15, 0.2) is 60.5 Å². The van der Waals surface area contributed by atoms with Gasteiger partial charge in [-0.25, -0.2) is 8.78 Å². The van der Waals surface area contributed by atoms with Crippen molar-refractivity contribution < 1.29 is 28.0 Å². The molecule has 5 heterocycles. The predicted octanol–water partition coefficient (Wildman–Crippen LogP) is 3.10. The minimum atomic E-state index is -0.450. The number of rotatable bonds is 9. The lowest BCUT2D eigenvalue weighted by atomic mass is 10.1. The largest absolute Gasteiger partial charge is 0.333 e. The Balaban J connectivity index is 0.000000222. The Hall–Kier alpha value is -4.69. The molecule has 0 bridgehead atoms. The SMILES string of the molecule is CCN1Cc2cnn(C/C(=C/F)CN)c2C1=O.CCN1Cc2cnn(C/C(=C/F)CN3C(=O)c4ccccc4C3=O)c2C1=O.Cl. The number of amides is 4. The molecule has 238 valence electrons. The fourth-order valence-corrected chi connectivity index (χ4v) is 5.41. The molecule has 0 radical (unpaired) electrons. The van der Waals surface area contributed by atoms with Crippen LogP contribution in [0.2, 0.25) is 0 Å². The number of halogens is 3. The molecule has 15 heteroatoms. The molecule has 0 fully saturated rings. The number of carbonyl (C=O) groups excluding carboxylic acids is 4. The molecule has 0 aliphatic carbocycles. The van der Waals surface area contributed by atoms with Gasteiger partial charge in [0.15, 0.2) is 0 Å². The summed E-state index contributed by atoms with van der Waals surface area (Å²) in [6.45, 7) is 6.27. The van der Waals surface area contributed by atoms with Crippen LogP contribution >= 0.6 is 12.4 Å². The van der Waals surface area contributed by atoms with Gasteiger partial charge in [-0.1, -0.05) is 12.1 Å². The molecule has 0 unspecified atom stereocenters. The molecule has 0 atom stereocenters. The highest BCUT2D eigenvalue weighted by Gasteiger charge is 2.36. The highest BCUT2D eigenvalue weighted by molar-refractivity contribution is 6.21. The zero-order chi connectivity index (χ0) is 31.5. The van der Waals surface area contributed by atoms with Crippen molar-refractivity contribution in [2.75, 3.05) is 26.2 Å². The molecule has 3 aromatic rings. The molecule has 0 saturated carbocycles. The average Bonchev–Trinajstić information content (AvgIpc) is 3.83. The normalized spacial score (nSPS) is 15.7. The number of imide groups is 1. The van der Waals surface area contributed by atoms with Gasteiger partial charge >= 0.3 is 0 Å². The van der Waals surface area contributed by atoms with E-state index in [2.05, 4.69) is 10.2 Å². The smallest absolute Gasteiger partial charge is 0.272 e. The lowest BCUT2D eigenvalue weighted by Crippen LogP contribution is -2.33. The van der Waals surface area contributed by atoms with E-state index in [9.17, 15) is 28.0 Å². The van der Waals surface area contributed by atoms with Crippen molar-refractivity contribution >= 4 is 36.0 Å². The average molecular weight is 643 g/mol. The first-order valence-electron chi connectivity index (χ1n) is 14.2. The van der Waals surface area contributed by atoms with Crippen LogP contribution in [0.5, 0.6) is 0 Å². The molecule has 0 spiro atoms. The van der Waals surface area contributed by atoms with Crippen molar-refractivity contribution in [2.24, 2.45) is 5.73 Å². The molecular formula is C30H33ClF2N8O4. The maximum atomic E-state index is 13.5. The molecular weight excluding hydrogens is 610 g/mol. The summed E-state index contributed by atoms with van der Waals surface area (Å²) in [6.07, 6.45) is 4.11. The van der Waals surface area contributed by atoms with Gasteiger partial charge in [0.2, 0.25) is 0 Å². The summed E-state index contributed by atoms with van der Waals surface area (Å²) in [5, 5.41) is 8.27. The zero-order valence-corrected chi connectivity index (χ0v) is 25.6. The summed E-state index contributed by atoms with van der Waals surface area (Å²) in [6, 6.07) is 6.51. The van der Waals surface area contributed by atoms with E-state index in [1.807, 2.05) is 13.8 Å². The van der Waals surface area contributed by atoms with Gasteiger partial charge in [0, 0.05) is 43.9 Å². The quantitative estimate of drug-likeness (QED) is 0.354. The van der Waals surface area contributed by atoms with Gasteiger partial charge in [-0.15, -0.1) is 12.4 Å². The summed E-state index contributed by atoms with van der Waals surface area (Å²) in [4.78, 5) is 53.7. The van der Waals surface area contributed by atoms with Crippen molar-refractivity contribution in [3.05, 3.63) is 94.1 Å². The van der Waals surface area contributed by atoms with E-state index in [1.165, 1.54) is 9.36 Å². The molecule has 2 N–H and O–H groups in total. The summed E-state index contributed by atoms with van der Waals surface area (Å²) in [7, 11) is 0. The van der Waals surface area contributed by atoms with Crippen LogP contribution in [0, 0.1) is 0 Å². The highest BCUT2D eigenvalue weighted by Crippen LogP contribution is 2.26. The first-order valence-corrected chi connectivity index (χ1v) is 14.2. The highest BCUT2D eigenvalue weighted by atomic mass is 35.5. The second kappa shape index (κ2) is 13.9. The van der Waals surface area contributed by atoms with Crippen molar-refractivity contribution in [3.8, 4) is 0 Å². The third-order valence-corrected chi connectivity index (χ3v) is 7.81. The van der Waals surface area contributed by atoms with Crippen LogP contribution in [0.3, 0.4) is 0 Å². The predicted molar refractivity (Wildman–Crippen MR) is 162 cm³/mol. The van der Waals surface area contributed by atoms with E-state index in [0.29, 0.717) is 66.9 Å². The number of hydrogen-bond acceptors (Lipinski definition) is 7. The molecule has 3 aliphatic heterocycles. The maximum Gasteiger partial charge on any atom is 0.272 e. The Morgan fingerprint density at radius 3 is 1.60 bits per heavy atom. The van der Waals surface area contributed by atoms with E-state index >= 15 is 0 Å². The summed E-state index contributed by atoms with van der Waals surface area (Å²) in [5.74, 6) is -1.10. The van der Waals surface area contributed by atoms with E-state index < -0.39 is 11.8 Å². The van der Waals surface area contributed by atoms with Crippen molar-refractivity contribution in [3.63, 3.8) is 0 Å². The Morgan fingerprint density at radius 2 is 1.20 bits per heavy atom. The number of hydrogen-bond donors (Lipinski definition) is 1. The van der Waals surface area contributed by atoms with Gasteiger partial charge in [0.05, 0.1) is 55.8 Å². The second-order valence-electron chi connectivity index (χ2n) is 10.5. The fraction of sp³-hybridized carbons (Fsp3) is 0.333. The van der Waals surface area contributed by atoms with E-state index in [-0.39, 0.29) is 56.0 Å². The van der Waals surface area contributed by atoms with Crippen molar-refractivity contribution in [1.82, 2.24) is 34.3 Å². The van der Waals surface area contributed by atoms with E-state index in [0.717, 1.165) is 16.0 Å². The van der Waals surface area contributed by atoms with Crippen LogP contribution in [0.25, 0.3) is 0 Å². The monoisotopic (exact) mass is 642 g/mol. The second-order valence-corrected chi connectivity index (χ2v) is 10.5. The van der Waals surface area contributed by atoms with Crippen molar-refractivity contribution in [2.45, 2.75) is 40.0 Å².